The first-order valence-corrected chi connectivity index (χ1v) is 2.07. The van der Waals surface area contributed by atoms with Crippen molar-refractivity contribution in [3.8, 4) is 0 Å². The van der Waals surface area contributed by atoms with E-state index in [4.69, 9.17) is 15.9 Å². The van der Waals surface area contributed by atoms with E-state index in [9.17, 15) is 0 Å². The van der Waals surface area contributed by atoms with Crippen molar-refractivity contribution in [3.63, 3.8) is 0 Å². The highest BCUT2D eigenvalue weighted by Gasteiger charge is 1.55. The van der Waals surface area contributed by atoms with Gasteiger partial charge in [0.25, 0.3) is 0 Å². The van der Waals surface area contributed by atoms with Crippen LogP contribution < -0.4 is 5.73 Å². The molecule has 7 heavy (non-hydrogen) atoms. The lowest BCUT2D eigenvalue weighted by Gasteiger charge is -1.70. The maximum atomic E-state index is 8.35. The van der Waals surface area contributed by atoms with E-state index in [-0.39, 0.29) is 0 Å². The summed E-state index contributed by atoms with van der Waals surface area (Å²) >= 11 is 0. The van der Waals surface area contributed by atoms with Crippen molar-refractivity contribution in [2.45, 2.75) is 13.3 Å². The second kappa shape index (κ2) is 18.4. The molecule has 0 radical (unpaired) electrons. The van der Waals surface area contributed by atoms with Gasteiger partial charge < -0.3 is 5.73 Å². The van der Waals surface area contributed by atoms with Crippen molar-refractivity contribution >= 4 is 6.08 Å². The van der Waals surface area contributed by atoms with Gasteiger partial charge in [-0.25, -0.2) is 10.2 Å². The second-order valence-corrected chi connectivity index (χ2v) is 0.891. The van der Waals surface area contributed by atoms with Crippen LogP contribution in [-0.4, -0.2) is 12.6 Å². The normalized spacial score (nSPS) is 5.43. The fourth-order valence-corrected chi connectivity index (χ4v) is 0. The smallest absolute Gasteiger partial charge is 0.231 e. The lowest BCUT2D eigenvalue weighted by atomic mass is 10.5. The number of isocyanates is 1. The molecule has 0 saturated carbocycles. The average Bonchev–Trinajstić information content (AvgIpc) is 1.69. The van der Waals surface area contributed by atoms with Gasteiger partial charge in [-0.05, 0) is 13.0 Å². The van der Waals surface area contributed by atoms with Crippen molar-refractivity contribution in [2.75, 3.05) is 6.54 Å². The highest BCUT2D eigenvalue weighted by molar-refractivity contribution is 5.26. The van der Waals surface area contributed by atoms with E-state index in [1.165, 1.54) is 0 Å². The zero-order valence-corrected chi connectivity index (χ0v) is 4.40. The minimum Gasteiger partial charge on any atom is -0.330 e. The molecule has 0 fully saturated rings. The number of carbonyl (C=O) groups excluding carboxylic acids is 1. The Kier molecular flexibility index (Phi) is 25.2. The molecule has 0 rings (SSSR count). The van der Waals surface area contributed by atoms with Crippen molar-refractivity contribution in [3.05, 3.63) is 0 Å². The van der Waals surface area contributed by atoms with Gasteiger partial charge in [-0.3, -0.25) is 0 Å². The highest BCUT2D eigenvalue weighted by Crippen LogP contribution is 1.57. The Balaban J connectivity index is 0. The minimum absolute atomic E-state index is 0.750. The number of hydrogen-bond acceptors (Lipinski definition) is 3. The second-order valence-electron chi connectivity index (χ2n) is 0.891. The van der Waals surface area contributed by atoms with Crippen LogP contribution in [0.1, 0.15) is 13.3 Å². The molecule has 0 saturated heterocycles. The van der Waals surface area contributed by atoms with Crippen LogP contribution in [0.4, 0.5) is 0 Å². The molecule has 0 atom stereocenters. The molecule has 0 aliphatic rings. The van der Waals surface area contributed by atoms with E-state index >= 15 is 0 Å². The third-order valence-electron chi connectivity index (χ3n) is 0.289. The Bertz CT molecular complexity index is 45.7. The summed E-state index contributed by atoms with van der Waals surface area (Å²) in [6.45, 7) is 2.88. The zero-order valence-electron chi connectivity index (χ0n) is 4.40. The Hall–Kier alpha value is -0.660. The number of nitrogens with one attached hydrogen (secondary N) is 1. The van der Waals surface area contributed by atoms with Crippen LogP contribution in [0, 0.1) is 5.41 Å². The molecule has 0 unspecified atom stereocenters. The van der Waals surface area contributed by atoms with Gasteiger partial charge in [-0.15, -0.1) is 0 Å². The molecule has 0 aromatic heterocycles. The van der Waals surface area contributed by atoms with Crippen LogP contribution in [0.5, 0.6) is 0 Å². The SMILES string of the molecule is CCCN.N=C=O. The standard InChI is InChI=1S/C3H9N.CHNO/c1-2-3-4;2-1-3/h2-4H2,1H3;2H. The van der Waals surface area contributed by atoms with E-state index in [1.54, 1.807) is 0 Å². The molecule has 3 N–H and O–H groups in total. The Morgan fingerprint density at radius 1 is 1.86 bits per heavy atom. The lowest BCUT2D eigenvalue weighted by Crippen LogP contribution is -1.93. The molecule has 3 nitrogen and oxygen atoms in total. The van der Waals surface area contributed by atoms with Gasteiger partial charge >= 0.3 is 0 Å². The fraction of sp³-hybridized carbons (Fsp3) is 0.750. The summed E-state index contributed by atoms with van der Waals surface area (Å²) in [6, 6.07) is 0. The van der Waals surface area contributed by atoms with E-state index in [0.717, 1.165) is 19.0 Å². The quantitative estimate of drug-likeness (QED) is 0.368. The van der Waals surface area contributed by atoms with E-state index in [2.05, 4.69) is 6.92 Å². The fourth-order valence-electron chi connectivity index (χ4n) is 0. The number of hydrogen-bond donors (Lipinski definition) is 2. The summed E-state index contributed by atoms with van der Waals surface area (Å²) in [7, 11) is 0. The monoisotopic (exact) mass is 102 g/mol. The van der Waals surface area contributed by atoms with Crippen molar-refractivity contribution < 1.29 is 4.79 Å². The van der Waals surface area contributed by atoms with Crippen LogP contribution in [0.2, 0.25) is 0 Å². The van der Waals surface area contributed by atoms with Crippen molar-refractivity contribution in [1.29, 1.82) is 5.41 Å². The first-order valence-electron chi connectivity index (χ1n) is 2.07. The van der Waals surface area contributed by atoms with E-state index in [0.29, 0.717) is 0 Å². The molecule has 0 heterocycles. The molecule has 0 aromatic carbocycles. The molecule has 0 spiro atoms. The van der Waals surface area contributed by atoms with Crippen LogP contribution in [-0.2, 0) is 4.79 Å². The third kappa shape index (κ3) is 515. The molecule has 0 amide bonds. The zero-order chi connectivity index (χ0) is 6.12. The first kappa shape index (κ1) is 9.60. The Morgan fingerprint density at radius 2 is 2.00 bits per heavy atom. The first-order chi connectivity index (χ1) is 3.33. The lowest BCUT2D eigenvalue weighted by molar-refractivity contribution is 0.563. The predicted molar refractivity (Wildman–Crippen MR) is 27.8 cm³/mol. The summed E-state index contributed by atoms with van der Waals surface area (Å²) in [6.07, 6.45) is 1.85. The molecule has 0 aliphatic heterocycles. The molecule has 0 aliphatic carbocycles. The van der Waals surface area contributed by atoms with Crippen LogP contribution in [0.25, 0.3) is 0 Å². The highest BCUT2D eigenvalue weighted by atomic mass is 16.1. The van der Waals surface area contributed by atoms with Gasteiger partial charge in [0.05, 0.1) is 0 Å². The van der Waals surface area contributed by atoms with Gasteiger partial charge in [-0.2, -0.15) is 0 Å². The van der Waals surface area contributed by atoms with Gasteiger partial charge in [0, 0.05) is 0 Å². The molecule has 42 valence electrons. The molecule has 3 heteroatoms. The minimum atomic E-state index is 0.750. The molecule has 0 aromatic rings. The summed E-state index contributed by atoms with van der Waals surface area (Å²) in [5.74, 6) is 0. The van der Waals surface area contributed by atoms with Gasteiger partial charge in [-0.1, -0.05) is 6.92 Å². The van der Waals surface area contributed by atoms with Gasteiger partial charge in [0.2, 0.25) is 6.08 Å². The van der Waals surface area contributed by atoms with Crippen LogP contribution >= 0.6 is 0 Å². The predicted octanol–water partition coefficient (Wildman–Crippen LogP) is 0.256. The largest absolute Gasteiger partial charge is 0.330 e. The third-order valence-corrected chi connectivity index (χ3v) is 0.289. The van der Waals surface area contributed by atoms with E-state index < -0.39 is 0 Å². The summed E-state index contributed by atoms with van der Waals surface area (Å²) in [5.41, 5.74) is 5.03. The summed E-state index contributed by atoms with van der Waals surface area (Å²) in [4.78, 5) is 8.35. The van der Waals surface area contributed by atoms with Crippen molar-refractivity contribution in [1.82, 2.24) is 0 Å². The number of rotatable bonds is 1. The van der Waals surface area contributed by atoms with Crippen LogP contribution in [0.15, 0.2) is 0 Å². The Morgan fingerprint density at radius 3 is 2.00 bits per heavy atom. The number of nitrogens with two attached hydrogens (primary N) is 1. The van der Waals surface area contributed by atoms with Crippen molar-refractivity contribution in [2.24, 2.45) is 5.73 Å². The summed E-state index contributed by atoms with van der Waals surface area (Å²) < 4.78 is 0. The summed E-state index contributed by atoms with van der Waals surface area (Å²) in [5, 5.41) is 5.40. The Labute approximate surface area is 43.0 Å². The average molecular weight is 102 g/mol. The maximum absolute atomic E-state index is 8.35. The topological polar surface area (TPSA) is 66.9 Å². The van der Waals surface area contributed by atoms with E-state index in [1.807, 2.05) is 0 Å². The molecule has 0 bridgehead atoms. The maximum Gasteiger partial charge on any atom is 0.231 e. The molecular formula is C4H10N2O. The molecular weight excluding hydrogens is 92.1 g/mol. The van der Waals surface area contributed by atoms with Crippen LogP contribution in [0.3, 0.4) is 0 Å². The van der Waals surface area contributed by atoms with Gasteiger partial charge in [0.1, 0.15) is 0 Å². The van der Waals surface area contributed by atoms with Gasteiger partial charge in [0.15, 0.2) is 0 Å².